The monoisotopic (exact) mass is 365 g/mol. The predicted molar refractivity (Wildman–Crippen MR) is 88.1 cm³/mol. The van der Waals surface area contributed by atoms with E-state index in [1.807, 2.05) is 0 Å². The van der Waals surface area contributed by atoms with E-state index in [0.29, 0.717) is 36.5 Å². The first-order valence-corrected chi connectivity index (χ1v) is 8.08. The topological polar surface area (TPSA) is 59.4 Å². The zero-order valence-electron chi connectivity index (χ0n) is 13.5. The van der Waals surface area contributed by atoms with Crippen LogP contribution in [-0.2, 0) is 6.18 Å². The van der Waals surface area contributed by atoms with E-state index in [4.69, 9.17) is 5.73 Å². The summed E-state index contributed by atoms with van der Waals surface area (Å²) in [4.78, 5) is 6.19. The molecule has 1 aliphatic heterocycles. The zero-order valence-corrected chi connectivity index (χ0v) is 13.5. The van der Waals surface area contributed by atoms with Crippen LogP contribution in [0.15, 0.2) is 36.7 Å². The lowest BCUT2D eigenvalue weighted by atomic mass is 9.97. The van der Waals surface area contributed by atoms with E-state index in [1.54, 1.807) is 17.2 Å². The van der Waals surface area contributed by atoms with Crippen LogP contribution >= 0.6 is 0 Å². The minimum Gasteiger partial charge on any atom is -0.394 e. The molecule has 0 amide bonds. The number of halogens is 4. The third-order valence-corrected chi connectivity index (χ3v) is 4.61. The normalized spacial score (nSPS) is 18.0. The molecule has 136 valence electrons. The Bertz CT molecular complexity index is 965. The summed E-state index contributed by atoms with van der Waals surface area (Å²) in [5.74, 6) is -0.201. The third-order valence-electron chi connectivity index (χ3n) is 4.61. The van der Waals surface area contributed by atoms with Crippen molar-refractivity contribution in [2.75, 3.05) is 17.2 Å². The quantitative estimate of drug-likeness (QED) is 0.702. The lowest BCUT2D eigenvalue weighted by Crippen LogP contribution is -2.26. The van der Waals surface area contributed by atoms with Gasteiger partial charge in [-0.15, -0.1) is 0 Å². The second-order valence-electron chi connectivity index (χ2n) is 6.23. The Morgan fingerprint density at radius 2 is 2.00 bits per heavy atom. The molecule has 0 radical (unpaired) electrons. The number of nitrogens with two attached hydrogens (primary N) is 1. The molecular weight excluding hydrogens is 350 g/mol. The number of nitrogen functional groups attached to an aromatic ring is 1. The predicted octanol–water partition coefficient (Wildman–Crippen LogP) is 3.81. The molecular formula is C17H15F4N5. The van der Waals surface area contributed by atoms with Crippen molar-refractivity contribution in [2.24, 2.45) is 0 Å². The highest BCUT2D eigenvalue weighted by atomic mass is 19.4. The van der Waals surface area contributed by atoms with Gasteiger partial charge in [0.25, 0.3) is 0 Å². The molecule has 1 fully saturated rings. The Morgan fingerprint density at radius 1 is 1.19 bits per heavy atom. The molecule has 3 aromatic rings. The fourth-order valence-electron chi connectivity index (χ4n) is 3.47. The second-order valence-corrected chi connectivity index (χ2v) is 6.23. The maximum absolute atomic E-state index is 13.7. The van der Waals surface area contributed by atoms with E-state index in [0.717, 1.165) is 18.2 Å². The molecule has 1 atom stereocenters. The van der Waals surface area contributed by atoms with E-state index in [9.17, 15) is 17.6 Å². The summed E-state index contributed by atoms with van der Waals surface area (Å²) in [7, 11) is 0. The van der Waals surface area contributed by atoms with Gasteiger partial charge < -0.3 is 10.6 Å². The summed E-state index contributed by atoms with van der Waals surface area (Å²) in [6.45, 7) is 0.524. The Morgan fingerprint density at radius 3 is 2.77 bits per heavy atom. The first-order valence-electron chi connectivity index (χ1n) is 8.08. The largest absolute Gasteiger partial charge is 0.416 e. The summed E-state index contributed by atoms with van der Waals surface area (Å²) in [6.07, 6.45) is -0.277. The van der Waals surface area contributed by atoms with Gasteiger partial charge in [-0.05, 0) is 42.7 Å². The van der Waals surface area contributed by atoms with Crippen LogP contribution < -0.4 is 10.6 Å². The first-order chi connectivity index (χ1) is 12.3. The van der Waals surface area contributed by atoms with Crippen molar-refractivity contribution >= 4 is 17.2 Å². The average Bonchev–Trinajstić information content (AvgIpc) is 3.20. The van der Waals surface area contributed by atoms with Crippen molar-refractivity contribution in [3.63, 3.8) is 0 Å². The summed E-state index contributed by atoms with van der Waals surface area (Å²) >= 11 is 0. The number of hydrogen-bond acceptors (Lipinski definition) is 4. The van der Waals surface area contributed by atoms with Gasteiger partial charge in [0, 0.05) is 12.7 Å². The molecule has 0 spiro atoms. The molecule has 2 aromatic heterocycles. The fourth-order valence-corrected chi connectivity index (χ4v) is 3.47. The van der Waals surface area contributed by atoms with Crippen LogP contribution in [0, 0.1) is 5.82 Å². The molecule has 1 aliphatic rings. The summed E-state index contributed by atoms with van der Waals surface area (Å²) in [5.41, 5.74) is 5.75. The van der Waals surface area contributed by atoms with Gasteiger partial charge >= 0.3 is 6.18 Å². The highest BCUT2D eigenvalue weighted by Gasteiger charge is 2.38. The average molecular weight is 365 g/mol. The molecule has 0 aliphatic carbocycles. The van der Waals surface area contributed by atoms with Crippen LogP contribution in [0.3, 0.4) is 0 Å². The van der Waals surface area contributed by atoms with Crippen LogP contribution in [0.25, 0.3) is 5.65 Å². The van der Waals surface area contributed by atoms with Gasteiger partial charge in [-0.3, -0.25) is 0 Å². The zero-order chi connectivity index (χ0) is 18.5. The minimum absolute atomic E-state index is 0.0712. The van der Waals surface area contributed by atoms with Gasteiger partial charge in [-0.2, -0.15) is 18.3 Å². The number of benzene rings is 1. The van der Waals surface area contributed by atoms with Crippen molar-refractivity contribution in [1.29, 1.82) is 0 Å². The molecule has 4 rings (SSSR count). The highest BCUT2D eigenvalue weighted by Crippen LogP contribution is 2.42. The number of aromatic nitrogens is 3. The molecule has 5 nitrogen and oxygen atoms in total. The lowest BCUT2D eigenvalue weighted by Gasteiger charge is -2.28. The highest BCUT2D eigenvalue weighted by molar-refractivity contribution is 5.65. The number of alkyl halides is 3. The number of nitrogens with zero attached hydrogens (tertiary/aromatic N) is 4. The Kier molecular flexibility index (Phi) is 3.74. The minimum atomic E-state index is -4.55. The van der Waals surface area contributed by atoms with Crippen molar-refractivity contribution in [2.45, 2.75) is 25.1 Å². The van der Waals surface area contributed by atoms with Gasteiger partial charge in [0.15, 0.2) is 5.65 Å². The van der Waals surface area contributed by atoms with Crippen molar-refractivity contribution in [3.8, 4) is 0 Å². The molecule has 1 aromatic carbocycles. The maximum Gasteiger partial charge on any atom is 0.416 e. The number of hydrogen-bond donors (Lipinski definition) is 1. The Balaban J connectivity index is 1.79. The van der Waals surface area contributed by atoms with Gasteiger partial charge in [0.05, 0.1) is 23.5 Å². The molecule has 2 N–H and O–H groups in total. The van der Waals surface area contributed by atoms with Crippen LogP contribution in [0.5, 0.6) is 0 Å². The molecule has 26 heavy (non-hydrogen) atoms. The van der Waals surface area contributed by atoms with Crippen LogP contribution in [0.1, 0.15) is 30.0 Å². The molecule has 0 bridgehead atoms. The standard InChI is InChI=1S/C17H15F4N5/c18-10-3-4-12(17(19,20)21)11(8-10)14-2-1-6-25(14)15-5-7-26-16(24-15)13(22)9-23-26/h3-5,7-9,14H,1-2,6,22H2/t14-/m1/s1. The molecule has 0 unspecified atom stereocenters. The number of anilines is 2. The summed E-state index contributed by atoms with van der Waals surface area (Å²) in [5, 5.41) is 4.03. The van der Waals surface area contributed by atoms with Crippen molar-refractivity contribution in [3.05, 3.63) is 53.6 Å². The van der Waals surface area contributed by atoms with Crippen molar-refractivity contribution in [1.82, 2.24) is 14.6 Å². The van der Waals surface area contributed by atoms with Crippen molar-refractivity contribution < 1.29 is 17.6 Å². The van der Waals surface area contributed by atoms with Gasteiger partial charge in [0.1, 0.15) is 11.6 Å². The van der Waals surface area contributed by atoms with Crippen LogP contribution in [0.2, 0.25) is 0 Å². The fraction of sp³-hybridized carbons (Fsp3) is 0.294. The van der Waals surface area contributed by atoms with E-state index in [1.165, 1.54) is 10.7 Å². The third kappa shape index (κ3) is 2.73. The van der Waals surface area contributed by atoms with E-state index in [2.05, 4.69) is 10.1 Å². The second kappa shape index (κ2) is 5.86. The van der Waals surface area contributed by atoms with Crippen LogP contribution in [-0.4, -0.2) is 21.1 Å². The van der Waals surface area contributed by atoms with E-state index >= 15 is 0 Å². The SMILES string of the molecule is Nc1cnn2ccc(N3CCC[C@@H]3c3cc(F)ccc3C(F)(F)F)nc12. The van der Waals surface area contributed by atoms with Gasteiger partial charge in [-0.25, -0.2) is 13.9 Å². The summed E-state index contributed by atoms with van der Waals surface area (Å²) < 4.78 is 55.4. The number of rotatable bonds is 2. The van der Waals surface area contributed by atoms with Crippen LogP contribution in [0.4, 0.5) is 29.1 Å². The first kappa shape index (κ1) is 16.6. The van der Waals surface area contributed by atoms with Gasteiger partial charge in [0.2, 0.25) is 0 Å². The van der Waals surface area contributed by atoms with Gasteiger partial charge in [-0.1, -0.05) is 0 Å². The number of fused-ring (bicyclic) bond motifs is 1. The molecule has 3 heterocycles. The van der Waals surface area contributed by atoms with E-state index < -0.39 is 23.6 Å². The lowest BCUT2D eigenvalue weighted by molar-refractivity contribution is -0.138. The maximum atomic E-state index is 13.7. The molecule has 0 saturated carbocycles. The Hall–Kier alpha value is -2.84. The summed E-state index contributed by atoms with van der Waals surface area (Å²) in [6, 6.07) is 3.67. The molecule has 9 heteroatoms. The Labute approximate surface area is 146 Å². The van der Waals surface area contributed by atoms with E-state index in [-0.39, 0.29) is 5.56 Å². The smallest absolute Gasteiger partial charge is 0.394 e. The molecule has 1 saturated heterocycles.